The molecule has 2 atom stereocenters. The summed E-state index contributed by atoms with van der Waals surface area (Å²) in [6.45, 7) is 0. The third-order valence-corrected chi connectivity index (χ3v) is 6.90. The summed E-state index contributed by atoms with van der Waals surface area (Å²) >= 11 is 1.40. The average Bonchev–Trinajstić information content (AvgIpc) is 3.32. The molecule has 5 rings (SSSR count). The zero-order chi connectivity index (χ0) is 21.4. The minimum Gasteiger partial charge on any atom is -0.481 e. The molecular formula is C25H20N2O3S. The minimum atomic E-state index is -0.971. The highest BCUT2D eigenvalue weighted by atomic mass is 32.2. The lowest BCUT2D eigenvalue weighted by Gasteiger charge is -2.25. The number of nitrogens with zero attached hydrogens (tertiary/aromatic N) is 1. The van der Waals surface area contributed by atoms with Gasteiger partial charge in [-0.05, 0) is 11.6 Å². The van der Waals surface area contributed by atoms with Crippen molar-refractivity contribution in [3.05, 3.63) is 90.5 Å². The van der Waals surface area contributed by atoms with E-state index in [2.05, 4.69) is 4.98 Å². The molecular weight excluding hydrogens is 408 g/mol. The van der Waals surface area contributed by atoms with Crippen molar-refractivity contribution in [2.45, 2.75) is 17.0 Å². The predicted molar refractivity (Wildman–Crippen MR) is 124 cm³/mol. The molecule has 1 aliphatic heterocycles. The van der Waals surface area contributed by atoms with Gasteiger partial charge in [0, 0.05) is 16.5 Å². The number of carboxylic acids is 1. The number of aromatic nitrogens is 1. The molecule has 1 fully saturated rings. The molecule has 0 saturated carbocycles. The van der Waals surface area contributed by atoms with E-state index < -0.39 is 11.2 Å². The predicted octanol–water partition coefficient (Wildman–Crippen LogP) is 5.46. The van der Waals surface area contributed by atoms with E-state index in [4.69, 9.17) is 0 Å². The van der Waals surface area contributed by atoms with Gasteiger partial charge in [0.15, 0.2) is 0 Å². The third-order valence-electron chi connectivity index (χ3n) is 5.47. The van der Waals surface area contributed by atoms with Crippen LogP contribution in [-0.2, 0) is 9.59 Å². The van der Waals surface area contributed by atoms with Crippen molar-refractivity contribution in [1.82, 2.24) is 4.98 Å². The lowest BCUT2D eigenvalue weighted by atomic mass is 10.1. The number of nitrogens with one attached hydrogen (secondary N) is 1. The Morgan fingerprint density at radius 3 is 2.29 bits per heavy atom. The average molecular weight is 429 g/mol. The summed E-state index contributed by atoms with van der Waals surface area (Å²) in [6, 6.07) is 27.6. The molecule has 1 amide bonds. The lowest BCUT2D eigenvalue weighted by Crippen LogP contribution is -2.32. The summed E-state index contributed by atoms with van der Waals surface area (Å²) in [5.41, 5.74) is 4.52. The summed E-state index contributed by atoms with van der Waals surface area (Å²) in [7, 11) is 0. The molecule has 0 aliphatic carbocycles. The summed E-state index contributed by atoms with van der Waals surface area (Å²) in [5, 5.41) is 9.37. The molecule has 3 aromatic carbocycles. The van der Waals surface area contributed by atoms with Crippen molar-refractivity contribution in [2.24, 2.45) is 0 Å². The van der Waals surface area contributed by atoms with E-state index in [0.717, 1.165) is 33.4 Å². The number of para-hydroxylation sites is 1. The van der Waals surface area contributed by atoms with E-state index in [9.17, 15) is 14.7 Å². The Balaban J connectivity index is 1.73. The minimum absolute atomic E-state index is 0.178. The molecule has 2 unspecified atom stereocenters. The van der Waals surface area contributed by atoms with Crippen LogP contribution in [-0.4, -0.2) is 27.2 Å². The molecule has 1 aliphatic rings. The summed E-state index contributed by atoms with van der Waals surface area (Å²) in [6.07, 6.45) is -0.202. The van der Waals surface area contributed by atoms with Gasteiger partial charge < -0.3 is 10.1 Å². The second kappa shape index (κ2) is 7.96. The zero-order valence-corrected chi connectivity index (χ0v) is 17.4. The van der Waals surface area contributed by atoms with Gasteiger partial charge in [-0.1, -0.05) is 78.9 Å². The van der Waals surface area contributed by atoms with Gasteiger partial charge >= 0.3 is 5.97 Å². The smallest absolute Gasteiger partial charge is 0.305 e. The number of amides is 1. The van der Waals surface area contributed by atoms with Crippen LogP contribution in [0, 0.1) is 0 Å². The van der Waals surface area contributed by atoms with Gasteiger partial charge in [-0.3, -0.25) is 14.5 Å². The Hall–Kier alpha value is -3.51. The van der Waals surface area contributed by atoms with Crippen molar-refractivity contribution >= 4 is 40.2 Å². The van der Waals surface area contributed by atoms with Crippen LogP contribution in [0.2, 0.25) is 0 Å². The zero-order valence-electron chi connectivity index (χ0n) is 16.6. The van der Waals surface area contributed by atoms with Crippen LogP contribution in [0.3, 0.4) is 0 Å². The van der Waals surface area contributed by atoms with Crippen molar-refractivity contribution < 1.29 is 14.7 Å². The molecule has 0 radical (unpaired) electrons. The maximum absolute atomic E-state index is 13.6. The summed E-state index contributed by atoms with van der Waals surface area (Å²) in [5.74, 6) is -1.15. The van der Waals surface area contributed by atoms with E-state index in [1.807, 2.05) is 84.9 Å². The monoisotopic (exact) mass is 428 g/mol. The highest BCUT2D eigenvalue weighted by molar-refractivity contribution is 8.01. The number of H-pyrrole nitrogens is 1. The van der Waals surface area contributed by atoms with Crippen molar-refractivity contribution in [1.29, 1.82) is 0 Å². The van der Waals surface area contributed by atoms with E-state index in [1.54, 1.807) is 4.90 Å². The fourth-order valence-electron chi connectivity index (χ4n) is 4.10. The highest BCUT2D eigenvalue weighted by Gasteiger charge is 2.44. The van der Waals surface area contributed by atoms with Crippen LogP contribution in [0.4, 0.5) is 5.69 Å². The first-order chi connectivity index (χ1) is 15.1. The maximum atomic E-state index is 13.6. The number of hydrogen-bond acceptors (Lipinski definition) is 3. The molecule has 154 valence electrons. The Morgan fingerprint density at radius 1 is 0.935 bits per heavy atom. The fourth-order valence-corrected chi connectivity index (χ4v) is 5.53. The molecule has 5 nitrogen and oxygen atoms in total. The van der Waals surface area contributed by atoms with Crippen LogP contribution in [0.5, 0.6) is 0 Å². The van der Waals surface area contributed by atoms with Crippen molar-refractivity contribution in [3.63, 3.8) is 0 Å². The van der Waals surface area contributed by atoms with E-state index in [0.29, 0.717) is 0 Å². The Morgan fingerprint density at radius 2 is 1.58 bits per heavy atom. The van der Waals surface area contributed by atoms with Crippen LogP contribution in [0.1, 0.15) is 17.4 Å². The van der Waals surface area contributed by atoms with E-state index in [-0.39, 0.29) is 17.7 Å². The Kier molecular flexibility index (Phi) is 5.00. The molecule has 1 saturated heterocycles. The molecule has 4 aromatic rings. The molecule has 0 bridgehead atoms. The SMILES string of the molecule is O=C(O)CC1SC(c2ccccc2)N(c2c(-c3ccccc3)[nH]c3ccccc23)C1=O. The fraction of sp³-hybridized carbons (Fsp3) is 0.120. The molecule has 31 heavy (non-hydrogen) atoms. The number of carboxylic acid groups (broad SMARTS) is 1. The second-order valence-corrected chi connectivity index (χ2v) is 8.74. The second-order valence-electron chi connectivity index (χ2n) is 7.45. The Labute approximate surface area is 183 Å². The number of fused-ring (bicyclic) bond motifs is 1. The van der Waals surface area contributed by atoms with Gasteiger partial charge in [0.2, 0.25) is 5.91 Å². The van der Waals surface area contributed by atoms with Gasteiger partial charge in [0.05, 0.1) is 23.1 Å². The number of aromatic amines is 1. The van der Waals surface area contributed by atoms with Crippen LogP contribution >= 0.6 is 11.8 Å². The van der Waals surface area contributed by atoms with Gasteiger partial charge in [0.25, 0.3) is 0 Å². The van der Waals surface area contributed by atoms with E-state index >= 15 is 0 Å². The number of thioether (sulfide) groups is 1. The maximum Gasteiger partial charge on any atom is 0.305 e. The summed E-state index contributed by atoms with van der Waals surface area (Å²) < 4.78 is 0. The van der Waals surface area contributed by atoms with Gasteiger partial charge in [-0.2, -0.15) is 0 Å². The number of hydrogen-bond donors (Lipinski definition) is 2. The van der Waals surface area contributed by atoms with Gasteiger partial charge in [0.1, 0.15) is 5.37 Å². The molecule has 6 heteroatoms. The number of anilines is 1. The van der Waals surface area contributed by atoms with E-state index in [1.165, 1.54) is 11.8 Å². The van der Waals surface area contributed by atoms with Crippen LogP contribution in [0.15, 0.2) is 84.9 Å². The normalized spacial score (nSPS) is 18.6. The van der Waals surface area contributed by atoms with Gasteiger partial charge in [-0.25, -0.2) is 0 Å². The number of rotatable bonds is 5. The van der Waals surface area contributed by atoms with Crippen LogP contribution < -0.4 is 4.90 Å². The van der Waals surface area contributed by atoms with Gasteiger partial charge in [-0.15, -0.1) is 11.8 Å². The molecule has 0 spiro atoms. The summed E-state index contributed by atoms with van der Waals surface area (Å²) in [4.78, 5) is 30.3. The highest BCUT2D eigenvalue weighted by Crippen LogP contribution is 2.51. The first-order valence-corrected chi connectivity index (χ1v) is 11.0. The molecule has 1 aromatic heterocycles. The van der Waals surface area contributed by atoms with Crippen LogP contribution in [0.25, 0.3) is 22.2 Å². The number of carbonyl (C=O) groups excluding carboxylic acids is 1. The molecule has 2 N–H and O–H groups in total. The Bertz CT molecular complexity index is 1250. The topological polar surface area (TPSA) is 73.4 Å². The number of benzene rings is 3. The third kappa shape index (κ3) is 3.49. The largest absolute Gasteiger partial charge is 0.481 e. The first-order valence-electron chi connectivity index (χ1n) is 10.0. The van der Waals surface area contributed by atoms with Crippen molar-refractivity contribution in [3.8, 4) is 11.3 Å². The quantitative estimate of drug-likeness (QED) is 0.443. The standard InChI is InChI=1S/C25H20N2O3S/c28-21(29)15-20-24(30)27(25(31-20)17-11-5-2-6-12-17)23-18-13-7-8-14-19(18)26-22(23)16-9-3-1-4-10-16/h1-14,20,25-26H,15H2,(H,28,29). The number of carbonyl (C=O) groups is 2. The van der Waals surface area contributed by atoms with Crippen molar-refractivity contribution in [2.75, 3.05) is 4.90 Å². The first kappa shape index (κ1) is 19.5. The molecule has 2 heterocycles. The number of aliphatic carboxylic acids is 1. The lowest BCUT2D eigenvalue weighted by molar-refractivity contribution is -0.138.